The Hall–Kier alpha value is -3.62. The zero-order valence-corrected chi connectivity index (χ0v) is 12.7. The maximum absolute atomic E-state index is 12.0. The van der Waals surface area contributed by atoms with Gasteiger partial charge in [0.25, 0.3) is 11.6 Å². The minimum atomic E-state index is -0.899. The van der Waals surface area contributed by atoms with E-state index in [2.05, 4.69) is 10.5 Å². The number of rotatable bonds is 4. The molecule has 1 aliphatic heterocycles. The number of hydrazone groups is 1. The number of nitrogens with one attached hydrogen (secondary N) is 1. The number of fused-ring (bicyclic) bond motifs is 1. The second-order valence-corrected chi connectivity index (χ2v) is 5.08. The molecule has 3 rings (SSSR count). The second-order valence-electron chi connectivity index (χ2n) is 5.08. The van der Waals surface area contributed by atoms with E-state index >= 15 is 0 Å². The van der Waals surface area contributed by atoms with E-state index in [0.29, 0.717) is 11.5 Å². The summed E-state index contributed by atoms with van der Waals surface area (Å²) in [7, 11) is 0. The van der Waals surface area contributed by atoms with Crippen LogP contribution in [-0.4, -0.2) is 29.8 Å². The molecular formula is C16H12N3O6-. The second kappa shape index (κ2) is 6.87. The Labute approximate surface area is 141 Å². The molecule has 2 aromatic carbocycles. The molecular weight excluding hydrogens is 330 g/mol. The van der Waals surface area contributed by atoms with E-state index in [1.807, 2.05) is 0 Å². The van der Waals surface area contributed by atoms with E-state index < -0.39 is 22.7 Å². The number of amides is 1. The van der Waals surface area contributed by atoms with Crippen molar-refractivity contribution in [3.8, 4) is 17.2 Å². The van der Waals surface area contributed by atoms with Crippen molar-refractivity contribution in [2.45, 2.75) is 6.10 Å². The summed E-state index contributed by atoms with van der Waals surface area (Å²) < 4.78 is 10.9. The van der Waals surface area contributed by atoms with Gasteiger partial charge < -0.3 is 14.6 Å². The van der Waals surface area contributed by atoms with Gasteiger partial charge in [-0.3, -0.25) is 14.9 Å². The van der Waals surface area contributed by atoms with Crippen molar-refractivity contribution in [1.82, 2.24) is 5.43 Å². The van der Waals surface area contributed by atoms with Crippen molar-refractivity contribution in [3.05, 3.63) is 58.1 Å². The Bertz CT molecular complexity index is 852. The van der Waals surface area contributed by atoms with Gasteiger partial charge in [0.2, 0.25) is 6.10 Å². The first kappa shape index (κ1) is 16.2. The van der Waals surface area contributed by atoms with Gasteiger partial charge in [-0.15, -0.1) is 0 Å². The number of non-ortho nitro benzene ring substituents is 1. The van der Waals surface area contributed by atoms with Crippen molar-refractivity contribution in [2.75, 3.05) is 6.61 Å². The molecule has 0 bridgehead atoms. The van der Waals surface area contributed by atoms with Gasteiger partial charge in [0.15, 0.2) is 11.5 Å². The van der Waals surface area contributed by atoms with Crippen LogP contribution in [0.5, 0.6) is 17.2 Å². The molecule has 0 saturated heterocycles. The van der Waals surface area contributed by atoms with Gasteiger partial charge in [-0.05, 0) is 17.7 Å². The van der Waals surface area contributed by atoms with Crippen LogP contribution in [0.4, 0.5) is 5.69 Å². The lowest BCUT2D eigenvalue weighted by Crippen LogP contribution is -2.42. The molecule has 1 atom stereocenters. The molecule has 9 nitrogen and oxygen atoms in total. The molecule has 9 heteroatoms. The van der Waals surface area contributed by atoms with Gasteiger partial charge in [0.1, 0.15) is 6.61 Å². The van der Waals surface area contributed by atoms with Gasteiger partial charge in [-0.2, -0.15) is 5.10 Å². The predicted molar refractivity (Wildman–Crippen MR) is 84.6 cm³/mol. The number of carbonyl (C=O) groups excluding carboxylic acids is 1. The summed E-state index contributed by atoms with van der Waals surface area (Å²) >= 11 is 0. The summed E-state index contributed by atoms with van der Waals surface area (Å²) in [5.41, 5.74) is 1.97. The lowest BCUT2D eigenvalue weighted by molar-refractivity contribution is -0.385. The van der Waals surface area contributed by atoms with Crippen molar-refractivity contribution in [1.29, 1.82) is 0 Å². The quantitative estimate of drug-likeness (QED) is 0.501. The van der Waals surface area contributed by atoms with Gasteiger partial charge in [-0.1, -0.05) is 23.9 Å². The minimum absolute atomic E-state index is 0.0133. The van der Waals surface area contributed by atoms with Gasteiger partial charge in [0, 0.05) is 12.1 Å². The van der Waals surface area contributed by atoms with Crippen LogP contribution in [0.25, 0.3) is 0 Å². The van der Waals surface area contributed by atoms with Gasteiger partial charge in [0.05, 0.1) is 11.1 Å². The van der Waals surface area contributed by atoms with Crippen LogP contribution in [0.1, 0.15) is 5.56 Å². The molecule has 128 valence electrons. The third kappa shape index (κ3) is 3.66. The molecule has 1 heterocycles. The molecule has 2 aromatic rings. The SMILES string of the molecule is O=C(N/N=C/c1cc([N+](=O)[O-])ccc1[O-])[C@@H]1COc2ccccc2O1. The van der Waals surface area contributed by atoms with Crippen molar-refractivity contribution in [3.63, 3.8) is 0 Å². The Balaban J connectivity index is 1.64. The molecule has 0 spiro atoms. The molecule has 1 aliphatic rings. The van der Waals surface area contributed by atoms with Gasteiger partial charge in [-0.25, -0.2) is 5.43 Å². The van der Waals surface area contributed by atoms with E-state index in [1.54, 1.807) is 24.3 Å². The molecule has 0 aromatic heterocycles. The number of benzene rings is 2. The normalized spacial score (nSPS) is 15.8. The van der Waals surface area contributed by atoms with Gasteiger partial charge >= 0.3 is 0 Å². The highest BCUT2D eigenvalue weighted by molar-refractivity contribution is 5.87. The summed E-state index contributed by atoms with van der Waals surface area (Å²) in [4.78, 5) is 22.1. The van der Waals surface area contributed by atoms with Crippen LogP contribution in [0.15, 0.2) is 47.6 Å². The zero-order valence-electron chi connectivity index (χ0n) is 12.7. The first-order valence-electron chi connectivity index (χ1n) is 7.21. The van der Waals surface area contributed by atoms with E-state index in [4.69, 9.17) is 9.47 Å². The third-order valence-electron chi connectivity index (χ3n) is 3.38. The number of para-hydroxylation sites is 2. The lowest BCUT2D eigenvalue weighted by Gasteiger charge is -2.24. The monoisotopic (exact) mass is 342 g/mol. The standard InChI is InChI=1S/C16H13N3O6/c20-12-6-5-11(19(22)23)7-10(12)8-17-18-16(21)15-9-24-13-3-1-2-4-14(13)25-15/h1-8,15,20H,9H2,(H,18,21)/p-1/b17-8+/t15-/m0/s1. The maximum atomic E-state index is 12.0. The molecule has 0 saturated carbocycles. The summed E-state index contributed by atoms with van der Waals surface area (Å²) in [5.74, 6) is -0.0283. The van der Waals surface area contributed by atoms with Crippen LogP contribution >= 0.6 is 0 Å². The average Bonchev–Trinajstić information content (AvgIpc) is 2.62. The Kier molecular flexibility index (Phi) is 4.46. The molecule has 25 heavy (non-hydrogen) atoms. The fraction of sp³-hybridized carbons (Fsp3) is 0.125. The van der Waals surface area contributed by atoms with E-state index in [9.17, 15) is 20.0 Å². The Morgan fingerprint density at radius 2 is 2.04 bits per heavy atom. The first-order chi connectivity index (χ1) is 12.0. The largest absolute Gasteiger partial charge is 0.872 e. The van der Waals surface area contributed by atoms with Crippen molar-refractivity contribution in [2.24, 2.45) is 5.10 Å². The number of carbonyl (C=O) groups is 1. The van der Waals surface area contributed by atoms with Crippen molar-refractivity contribution >= 4 is 17.8 Å². The van der Waals surface area contributed by atoms with Crippen molar-refractivity contribution < 1.29 is 24.3 Å². The minimum Gasteiger partial charge on any atom is -0.872 e. The summed E-state index contributed by atoms with van der Waals surface area (Å²) in [6.07, 6.45) is 0.147. The average molecular weight is 342 g/mol. The molecule has 0 fully saturated rings. The van der Waals surface area contributed by atoms with E-state index in [-0.39, 0.29) is 17.9 Å². The highest BCUT2D eigenvalue weighted by atomic mass is 16.6. The number of nitrogens with zero attached hydrogens (tertiary/aromatic N) is 2. The van der Waals surface area contributed by atoms with E-state index in [0.717, 1.165) is 24.4 Å². The summed E-state index contributed by atoms with van der Waals surface area (Å²) in [5, 5.41) is 26.0. The molecule has 0 unspecified atom stereocenters. The number of hydrogen-bond donors (Lipinski definition) is 1. The third-order valence-corrected chi connectivity index (χ3v) is 3.38. The topological polar surface area (TPSA) is 126 Å². The van der Waals surface area contributed by atoms with Crippen LogP contribution < -0.4 is 20.0 Å². The maximum Gasteiger partial charge on any atom is 0.284 e. The fourth-order valence-electron chi connectivity index (χ4n) is 2.14. The van der Waals surface area contributed by atoms with Crippen LogP contribution in [0, 0.1) is 10.1 Å². The number of nitro benzene ring substituents is 1. The highest BCUT2D eigenvalue weighted by Gasteiger charge is 2.26. The Morgan fingerprint density at radius 3 is 2.80 bits per heavy atom. The number of hydrogen-bond acceptors (Lipinski definition) is 7. The van der Waals surface area contributed by atoms with Crippen LogP contribution in [-0.2, 0) is 4.79 Å². The molecule has 0 radical (unpaired) electrons. The first-order valence-corrected chi connectivity index (χ1v) is 7.21. The van der Waals surface area contributed by atoms with E-state index in [1.165, 1.54) is 0 Å². The predicted octanol–water partition coefficient (Wildman–Crippen LogP) is 0.958. The highest BCUT2D eigenvalue weighted by Crippen LogP contribution is 2.30. The van der Waals surface area contributed by atoms with Crippen LogP contribution in [0.3, 0.4) is 0 Å². The number of ether oxygens (including phenoxy) is 2. The zero-order chi connectivity index (χ0) is 17.8. The molecule has 1 amide bonds. The fourth-order valence-corrected chi connectivity index (χ4v) is 2.14. The summed E-state index contributed by atoms with van der Waals surface area (Å²) in [6.45, 7) is 0.0159. The summed E-state index contributed by atoms with van der Waals surface area (Å²) in [6, 6.07) is 10.2. The molecule has 1 N–H and O–H groups in total. The number of nitro groups is 1. The smallest absolute Gasteiger partial charge is 0.284 e. The molecule has 0 aliphatic carbocycles. The Morgan fingerprint density at radius 1 is 1.28 bits per heavy atom. The lowest BCUT2D eigenvalue weighted by atomic mass is 10.2. The van der Waals surface area contributed by atoms with Crippen LogP contribution in [0.2, 0.25) is 0 Å².